The van der Waals surface area contributed by atoms with Crippen molar-refractivity contribution in [3.63, 3.8) is 0 Å². The van der Waals surface area contributed by atoms with Gasteiger partial charge in [0.1, 0.15) is 5.75 Å². The smallest absolute Gasteiger partial charge is 0.122 e. The monoisotopic (exact) mass is 263 g/mol. The molecule has 1 N–H and O–H groups in total. The van der Waals surface area contributed by atoms with E-state index in [2.05, 4.69) is 37.4 Å². The van der Waals surface area contributed by atoms with Gasteiger partial charge in [0.2, 0.25) is 0 Å². The van der Waals surface area contributed by atoms with Crippen LogP contribution in [0.5, 0.6) is 5.75 Å². The van der Waals surface area contributed by atoms with Crippen LogP contribution in [-0.4, -0.2) is 32.9 Å². The van der Waals surface area contributed by atoms with Crippen molar-refractivity contribution < 1.29 is 9.47 Å². The van der Waals surface area contributed by atoms with E-state index in [4.69, 9.17) is 9.47 Å². The van der Waals surface area contributed by atoms with Gasteiger partial charge in [0, 0.05) is 31.2 Å². The molecule has 19 heavy (non-hydrogen) atoms. The molecular formula is C16H25NO2. The number of rotatable bonds is 7. The Hall–Kier alpha value is -1.06. The summed E-state index contributed by atoms with van der Waals surface area (Å²) in [5, 5.41) is 3.64. The lowest BCUT2D eigenvalue weighted by molar-refractivity contribution is 0.162. The van der Waals surface area contributed by atoms with Crippen LogP contribution in [0.1, 0.15) is 31.7 Å². The molecule has 1 aliphatic rings. The van der Waals surface area contributed by atoms with E-state index in [1.165, 1.54) is 5.56 Å². The van der Waals surface area contributed by atoms with Crippen LogP contribution in [0.2, 0.25) is 0 Å². The number of benzene rings is 1. The first-order valence-electron chi connectivity index (χ1n) is 7.22. The normalized spacial score (nSPS) is 20.7. The Morgan fingerprint density at radius 1 is 1.42 bits per heavy atom. The summed E-state index contributed by atoms with van der Waals surface area (Å²) in [6.07, 6.45) is 1.08. The fourth-order valence-electron chi connectivity index (χ4n) is 2.94. The van der Waals surface area contributed by atoms with E-state index in [0.717, 1.165) is 31.9 Å². The molecule has 0 aromatic heterocycles. The number of nitrogens with one attached hydrogen (secondary N) is 1. The molecule has 3 atom stereocenters. The molecule has 0 fully saturated rings. The molecule has 3 heteroatoms. The van der Waals surface area contributed by atoms with Gasteiger partial charge in [-0.15, -0.1) is 0 Å². The molecule has 0 spiro atoms. The van der Waals surface area contributed by atoms with Crippen LogP contribution in [-0.2, 0) is 4.74 Å². The second-order valence-electron chi connectivity index (χ2n) is 5.30. The highest BCUT2D eigenvalue weighted by Gasteiger charge is 2.33. The van der Waals surface area contributed by atoms with E-state index < -0.39 is 0 Å². The number of ether oxygens (including phenoxy) is 2. The molecule has 1 aromatic carbocycles. The molecular weight excluding hydrogens is 238 g/mol. The maximum absolute atomic E-state index is 5.82. The summed E-state index contributed by atoms with van der Waals surface area (Å²) in [4.78, 5) is 0. The van der Waals surface area contributed by atoms with Gasteiger partial charge >= 0.3 is 0 Å². The molecule has 1 aliphatic heterocycles. The largest absolute Gasteiger partial charge is 0.493 e. The number of hydrogen-bond donors (Lipinski definition) is 1. The van der Waals surface area contributed by atoms with Gasteiger partial charge < -0.3 is 14.8 Å². The Bertz CT molecular complexity index is 394. The number of hydrogen-bond acceptors (Lipinski definition) is 3. The molecule has 3 unspecified atom stereocenters. The van der Waals surface area contributed by atoms with E-state index in [0.29, 0.717) is 17.9 Å². The highest BCUT2D eigenvalue weighted by atomic mass is 16.5. The van der Waals surface area contributed by atoms with E-state index in [1.54, 1.807) is 7.11 Å². The Morgan fingerprint density at radius 2 is 2.21 bits per heavy atom. The van der Waals surface area contributed by atoms with E-state index in [-0.39, 0.29) is 0 Å². The van der Waals surface area contributed by atoms with Crippen molar-refractivity contribution in [1.82, 2.24) is 5.32 Å². The van der Waals surface area contributed by atoms with Gasteiger partial charge in [-0.05, 0) is 24.9 Å². The van der Waals surface area contributed by atoms with Crippen LogP contribution >= 0.6 is 0 Å². The zero-order valence-corrected chi connectivity index (χ0v) is 12.2. The highest BCUT2D eigenvalue weighted by Crippen LogP contribution is 2.37. The fraction of sp³-hybridized carbons (Fsp3) is 0.625. The SMILES string of the molecule is CCNC(C(C)CCOC)C1COc2ccccc21. The molecule has 0 aliphatic carbocycles. The lowest BCUT2D eigenvalue weighted by Crippen LogP contribution is -2.41. The molecule has 2 rings (SSSR count). The van der Waals surface area contributed by atoms with Crippen LogP contribution < -0.4 is 10.1 Å². The lowest BCUT2D eigenvalue weighted by atomic mass is 9.84. The molecule has 3 nitrogen and oxygen atoms in total. The zero-order chi connectivity index (χ0) is 13.7. The first kappa shape index (κ1) is 14.4. The molecule has 1 aromatic rings. The minimum Gasteiger partial charge on any atom is -0.493 e. The van der Waals surface area contributed by atoms with Gasteiger partial charge in [-0.25, -0.2) is 0 Å². The predicted molar refractivity (Wildman–Crippen MR) is 77.8 cm³/mol. The van der Waals surface area contributed by atoms with Gasteiger partial charge in [-0.2, -0.15) is 0 Å². The summed E-state index contributed by atoms with van der Waals surface area (Å²) in [6.45, 7) is 7.05. The van der Waals surface area contributed by atoms with Crippen molar-refractivity contribution in [3.8, 4) is 5.75 Å². The summed E-state index contributed by atoms with van der Waals surface area (Å²) in [6, 6.07) is 8.85. The Labute approximate surface area is 116 Å². The molecule has 106 valence electrons. The molecule has 0 radical (unpaired) electrons. The first-order valence-corrected chi connectivity index (χ1v) is 7.22. The number of fused-ring (bicyclic) bond motifs is 1. The van der Waals surface area contributed by atoms with E-state index in [1.807, 2.05) is 6.07 Å². The predicted octanol–water partition coefficient (Wildman–Crippen LogP) is 2.81. The summed E-state index contributed by atoms with van der Waals surface area (Å²) in [5.41, 5.74) is 1.35. The first-order chi connectivity index (χ1) is 9.27. The van der Waals surface area contributed by atoms with Gasteiger partial charge in [-0.1, -0.05) is 32.0 Å². The summed E-state index contributed by atoms with van der Waals surface area (Å²) >= 11 is 0. The highest BCUT2D eigenvalue weighted by molar-refractivity contribution is 5.40. The van der Waals surface area contributed by atoms with Crippen LogP contribution in [0, 0.1) is 5.92 Å². The van der Waals surface area contributed by atoms with Crippen LogP contribution in [0.3, 0.4) is 0 Å². The van der Waals surface area contributed by atoms with Gasteiger partial charge in [0.15, 0.2) is 0 Å². The minimum atomic E-state index is 0.447. The number of para-hydroxylation sites is 1. The second kappa shape index (κ2) is 6.92. The summed E-state index contributed by atoms with van der Waals surface area (Å²) in [5.74, 6) is 2.07. The quantitative estimate of drug-likeness (QED) is 0.820. The van der Waals surface area contributed by atoms with Gasteiger partial charge in [0.05, 0.1) is 6.61 Å². The second-order valence-corrected chi connectivity index (χ2v) is 5.30. The fourth-order valence-corrected chi connectivity index (χ4v) is 2.94. The topological polar surface area (TPSA) is 30.5 Å². The number of likely N-dealkylation sites (N-methyl/N-ethyl adjacent to an activating group) is 1. The Kier molecular flexibility index (Phi) is 5.23. The van der Waals surface area contributed by atoms with Crippen LogP contribution in [0.4, 0.5) is 0 Å². The van der Waals surface area contributed by atoms with Crippen molar-refractivity contribution >= 4 is 0 Å². The molecule has 1 heterocycles. The molecule has 0 bridgehead atoms. The molecule has 0 saturated heterocycles. The number of methoxy groups -OCH3 is 1. The summed E-state index contributed by atoms with van der Waals surface area (Å²) in [7, 11) is 1.77. The maximum atomic E-state index is 5.82. The van der Waals surface area contributed by atoms with Crippen molar-refractivity contribution in [3.05, 3.63) is 29.8 Å². The van der Waals surface area contributed by atoms with Crippen LogP contribution in [0.25, 0.3) is 0 Å². The van der Waals surface area contributed by atoms with Crippen molar-refractivity contribution in [2.24, 2.45) is 5.92 Å². The molecule has 0 saturated carbocycles. The molecule has 0 amide bonds. The van der Waals surface area contributed by atoms with Gasteiger partial charge in [0.25, 0.3) is 0 Å². The van der Waals surface area contributed by atoms with Crippen molar-refractivity contribution in [2.75, 3.05) is 26.9 Å². The lowest BCUT2D eigenvalue weighted by Gasteiger charge is -2.29. The van der Waals surface area contributed by atoms with Crippen molar-refractivity contribution in [2.45, 2.75) is 32.2 Å². The zero-order valence-electron chi connectivity index (χ0n) is 12.2. The third-order valence-corrected chi connectivity index (χ3v) is 4.00. The van der Waals surface area contributed by atoms with E-state index in [9.17, 15) is 0 Å². The summed E-state index contributed by atoms with van der Waals surface area (Å²) < 4.78 is 11.0. The average molecular weight is 263 g/mol. The van der Waals surface area contributed by atoms with Gasteiger partial charge in [-0.3, -0.25) is 0 Å². The van der Waals surface area contributed by atoms with Crippen molar-refractivity contribution in [1.29, 1.82) is 0 Å². The third kappa shape index (κ3) is 3.28. The van der Waals surface area contributed by atoms with E-state index >= 15 is 0 Å². The standard InChI is InChI=1S/C16H25NO2/c1-4-17-16(12(2)9-10-18-3)14-11-19-15-8-6-5-7-13(14)15/h5-8,12,14,16-17H,4,9-11H2,1-3H3. The Morgan fingerprint density at radius 3 is 2.95 bits per heavy atom. The average Bonchev–Trinajstić information content (AvgIpc) is 2.86. The minimum absolute atomic E-state index is 0.447. The Balaban J connectivity index is 2.11. The maximum Gasteiger partial charge on any atom is 0.122 e. The third-order valence-electron chi connectivity index (χ3n) is 4.00. The van der Waals surface area contributed by atoms with Crippen LogP contribution in [0.15, 0.2) is 24.3 Å².